The average molecular weight is 496 g/mol. The highest BCUT2D eigenvalue weighted by Gasteiger charge is 2.29. The molecule has 0 fully saturated rings. The highest BCUT2D eigenvalue weighted by Crippen LogP contribution is 2.37. The van der Waals surface area contributed by atoms with Crippen LogP contribution in [0, 0.1) is 0 Å². The molecule has 4 rings (SSSR count). The minimum absolute atomic E-state index is 0.103. The smallest absolute Gasteiger partial charge is 0.259 e. The monoisotopic (exact) mass is 495 g/mol. The zero-order chi connectivity index (χ0) is 25.7. The summed E-state index contributed by atoms with van der Waals surface area (Å²) in [6.45, 7) is 2.47. The number of methoxy groups -OCH3 is 2. The maximum absolute atomic E-state index is 12.8. The Morgan fingerprint density at radius 1 is 1.00 bits per heavy atom. The van der Waals surface area contributed by atoms with Gasteiger partial charge in [0.05, 0.1) is 25.4 Å². The standard InChI is InChI=1S/C25H33N7O4/c1-31-9-6-5-7-20(33)32(2)10-8-26-23-21-18(25(34)30-24(21)29-15-28-23)13-27-17-11-16(14-31)22(36-4)19(12-17)35-3/h11-13,15,27H,5-10,14H2,1-4H3,(H2,26,28,29,30,34)/b18-13-. The maximum Gasteiger partial charge on any atom is 0.259 e. The summed E-state index contributed by atoms with van der Waals surface area (Å²) in [5, 5.41) is 9.29. The van der Waals surface area contributed by atoms with E-state index in [1.807, 2.05) is 19.2 Å². The first-order valence-electron chi connectivity index (χ1n) is 12.0. The van der Waals surface area contributed by atoms with Gasteiger partial charge in [-0.15, -0.1) is 0 Å². The summed E-state index contributed by atoms with van der Waals surface area (Å²) < 4.78 is 11.2. The van der Waals surface area contributed by atoms with Crippen LogP contribution in [0.3, 0.4) is 0 Å². The zero-order valence-electron chi connectivity index (χ0n) is 21.2. The molecule has 192 valence electrons. The maximum atomic E-state index is 12.8. The number of nitrogens with zero attached hydrogens (tertiary/aromatic N) is 4. The number of hydrogen-bond acceptors (Lipinski definition) is 9. The van der Waals surface area contributed by atoms with Gasteiger partial charge in [0.25, 0.3) is 5.91 Å². The number of ether oxygens (including phenoxy) is 2. The van der Waals surface area contributed by atoms with Crippen LogP contribution >= 0.6 is 0 Å². The van der Waals surface area contributed by atoms with Gasteiger partial charge in [0, 0.05) is 56.6 Å². The molecule has 1 aromatic heterocycles. The number of carbonyl (C=O) groups excluding carboxylic acids is 2. The van der Waals surface area contributed by atoms with Gasteiger partial charge in [-0.2, -0.15) is 0 Å². The minimum Gasteiger partial charge on any atom is -0.493 e. The van der Waals surface area contributed by atoms with Crippen LogP contribution in [-0.2, 0) is 16.1 Å². The Morgan fingerprint density at radius 3 is 2.58 bits per heavy atom. The van der Waals surface area contributed by atoms with Crippen LogP contribution < -0.4 is 25.4 Å². The molecule has 0 spiro atoms. The summed E-state index contributed by atoms with van der Waals surface area (Å²) in [5.74, 6) is 2.04. The summed E-state index contributed by atoms with van der Waals surface area (Å²) >= 11 is 0. The Labute approximate surface area is 210 Å². The molecule has 0 atom stereocenters. The number of likely N-dealkylation sites (N-methyl/N-ethyl adjacent to an activating group) is 1. The fraction of sp³-hybridized carbons (Fsp3) is 0.440. The number of fused-ring (bicyclic) bond motifs is 2. The molecule has 3 heterocycles. The van der Waals surface area contributed by atoms with Crippen molar-refractivity contribution >= 4 is 34.7 Å². The van der Waals surface area contributed by atoms with Crippen molar-refractivity contribution in [1.29, 1.82) is 0 Å². The first kappa shape index (κ1) is 25.2. The number of amides is 2. The van der Waals surface area contributed by atoms with E-state index in [1.165, 1.54) is 6.33 Å². The lowest BCUT2D eigenvalue weighted by atomic mass is 10.1. The van der Waals surface area contributed by atoms with Gasteiger partial charge in [-0.1, -0.05) is 0 Å². The van der Waals surface area contributed by atoms with E-state index < -0.39 is 0 Å². The molecule has 0 unspecified atom stereocenters. The van der Waals surface area contributed by atoms with E-state index in [2.05, 4.69) is 30.8 Å². The SMILES string of the molecule is COc1cc2cc(c1OC)CN(C)CCCCC(=O)N(C)CCNc1ncnc3c1/C(=C/N2)C(=O)N3. The molecule has 2 aliphatic heterocycles. The number of aromatic nitrogens is 2. The van der Waals surface area contributed by atoms with E-state index >= 15 is 0 Å². The Kier molecular flexibility index (Phi) is 7.89. The normalized spacial score (nSPS) is 18.9. The third-order valence-electron chi connectivity index (χ3n) is 6.32. The molecular weight excluding hydrogens is 462 g/mol. The predicted molar refractivity (Wildman–Crippen MR) is 138 cm³/mol. The zero-order valence-corrected chi connectivity index (χ0v) is 21.2. The third kappa shape index (κ3) is 5.51. The first-order chi connectivity index (χ1) is 17.4. The van der Waals surface area contributed by atoms with Crippen LogP contribution in [0.15, 0.2) is 24.7 Å². The van der Waals surface area contributed by atoms with Gasteiger partial charge < -0.3 is 35.2 Å². The summed E-state index contributed by atoms with van der Waals surface area (Å²) in [7, 11) is 7.06. The van der Waals surface area contributed by atoms with Crippen LogP contribution in [-0.4, -0.2) is 79.5 Å². The van der Waals surface area contributed by atoms with Crippen LogP contribution in [0.25, 0.3) is 5.57 Å². The molecule has 0 radical (unpaired) electrons. The number of nitrogens with one attached hydrogen (secondary N) is 3. The van der Waals surface area contributed by atoms with E-state index in [9.17, 15) is 9.59 Å². The van der Waals surface area contributed by atoms with E-state index in [4.69, 9.17) is 9.47 Å². The Hall–Kier alpha value is -3.86. The molecule has 0 saturated heterocycles. The lowest BCUT2D eigenvalue weighted by Crippen LogP contribution is -2.31. The quantitative estimate of drug-likeness (QED) is 0.577. The van der Waals surface area contributed by atoms with Crippen LogP contribution in [0.1, 0.15) is 30.4 Å². The lowest BCUT2D eigenvalue weighted by Gasteiger charge is -2.21. The third-order valence-corrected chi connectivity index (χ3v) is 6.32. The number of rotatable bonds is 2. The van der Waals surface area contributed by atoms with Crippen molar-refractivity contribution in [2.45, 2.75) is 25.8 Å². The van der Waals surface area contributed by atoms with Crippen molar-refractivity contribution in [2.24, 2.45) is 0 Å². The molecule has 0 aliphatic carbocycles. The molecule has 2 bridgehead atoms. The molecule has 1 aromatic carbocycles. The van der Waals surface area contributed by atoms with Crippen molar-refractivity contribution in [2.75, 3.05) is 63.9 Å². The molecular formula is C25H33N7O4. The fourth-order valence-corrected chi connectivity index (χ4v) is 4.38. The van der Waals surface area contributed by atoms with E-state index in [1.54, 1.807) is 32.4 Å². The number of hydrogen-bond donors (Lipinski definition) is 3. The molecule has 2 aliphatic rings. The molecule has 0 saturated carbocycles. The summed E-state index contributed by atoms with van der Waals surface area (Å²) in [6, 6.07) is 3.81. The van der Waals surface area contributed by atoms with Crippen molar-refractivity contribution in [3.63, 3.8) is 0 Å². The second kappa shape index (κ2) is 11.3. The first-order valence-corrected chi connectivity index (χ1v) is 12.0. The largest absolute Gasteiger partial charge is 0.493 e. The van der Waals surface area contributed by atoms with Gasteiger partial charge in [-0.25, -0.2) is 9.97 Å². The van der Waals surface area contributed by atoms with Crippen LogP contribution in [0.2, 0.25) is 0 Å². The molecule has 36 heavy (non-hydrogen) atoms. The van der Waals surface area contributed by atoms with Crippen molar-refractivity contribution in [3.8, 4) is 11.5 Å². The highest BCUT2D eigenvalue weighted by molar-refractivity contribution is 6.32. The molecule has 2 amide bonds. The van der Waals surface area contributed by atoms with E-state index in [-0.39, 0.29) is 11.8 Å². The Bertz CT molecular complexity index is 1170. The topological polar surface area (TPSA) is 121 Å². The second-order valence-electron chi connectivity index (χ2n) is 8.91. The summed E-state index contributed by atoms with van der Waals surface area (Å²) in [5.41, 5.74) is 2.68. The van der Waals surface area contributed by atoms with Crippen molar-refractivity contribution in [1.82, 2.24) is 19.8 Å². The second-order valence-corrected chi connectivity index (χ2v) is 8.91. The average Bonchev–Trinajstić information content (AvgIpc) is 3.19. The molecule has 2 aromatic rings. The number of anilines is 3. The highest BCUT2D eigenvalue weighted by atomic mass is 16.5. The van der Waals surface area contributed by atoms with Gasteiger partial charge in [0.2, 0.25) is 5.91 Å². The lowest BCUT2D eigenvalue weighted by molar-refractivity contribution is -0.129. The van der Waals surface area contributed by atoms with Crippen molar-refractivity contribution in [3.05, 3.63) is 35.8 Å². The van der Waals surface area contributed by atoms with E-state index in [0.29, 0.717) is 60.3 Å². The minimum atomic E-state index is -0.278. The van der Waals surface area contributed by atoms with Gasteiger partial charge in [-0.3, -0.25) is 9.59 Å². The summed E-state index contributed by atoms with van der Waals surface area (Å²) in [6.07, 6.45) is 5.26. The van der Waals surface area contributed by atoms with Gasteiger partial charge in [0.15, 0.2) is 11.5 Å². The van der Waals surface area contributed by atoms with Crippen LogP contribution in [0.5, 0.6) is 11.5 Å². The van der Waals surface area contributed by atoms with Crippen LogP contribution in [0.4, 0.5) is 17.3 Å². The molecule has 3 N–H and O–H groups in total. The van der Waals surface area contributed by atoms with Crippen molar-refractivity contribution < 1.29 is 19.1 Å². The Balaban J connectivity index is 1.71. The van der Waals surface area contributed by atoms with Gasteiger partial charge in [0.1, 0.15) is 18.0 Å². The fourth-order valence-electron chi connectivity index (χ4n) is 4.38. The van der Waals surface area contributed by atoms with Gasteiger partial charge >= 0.3 is 0 Å². The van der Waals surface area contributed by atoms with E-state index in [0.717, 1.165) is 30.6 Å². The summed E-state index contributed by atoms with van der Waals surface area (Å²) in [4.78, 5) is 37.8. The Morgan fingerprint density at radius 2 is 1.81 bits per heavy atom. The number of benzene rings is 1. The van der Waals surface area contributed by atoms with Gasteiger partial charge in [-0.05, 0) is 32.5 Å². The number of carbonyl (C=O) groups is 2. The predicted octanol–water partition coefficient (Wildman–Crippen LogP) is 2.38. The molecule has 11 nitrogen and oxygen atoms in total. The molecule has 11 heteroatoms.